The lowest BCUT2D eigenvalue weighted by molar-refractivity contribution is 0.0799. The number of nitrogen functional groups attached to an aromatic ring is 1. The van der Waals surface area contributed by atoms with Crippen LogP contribution in [0.25, 0.3) is 11.1 Å². The molecule has 0 aromatic heterocycles. The average Bonchev–Trinajstić information content (AvgIpc) is 3.04. The molecule has 3 aromatic rings. The molecule has 2 aliphatic carbocycles. The molecular formula is C24H20N2O2. The van der Waals surface area contributed by atoms with Crippen molar-refractivity contribution in [2.75, 3.05) is 17.2 Å². The molecule has 0 bridgehead atoms. The number of nitrogens with two attached hydrogens (primary N) is 1. The maximum Gasteiger partial charge on any atom is 0.414 e. The molecule has 4 heteroatoms. The Morgan fingerprint density at radius 3 is 2.75 bits per heavy atom. The maximum atomic E-state index is 13.1. The van der Waals surface area contributed by atoms with E-state index in [1.807, 2.05) is 18.2 Å². The van der Waals surface area contributed by atoms with E-state index in [1.165, 1.54) is 22.3 Å². The third-order valence-corrected chi connectivity index (χ3v) is 6.32. The van der Waals surface area contributed by atoms with Crippen LogP contribution in [-0.4, -0.2) is 12.6 Å². The van der Waals surface area contributed by atoms with E-state index in [2.05, 4.69) is 42.5 Å². The van der Waals surface area contributed by atoms with Gasteiger partial charge in [-0.1, -0.05) is 42.5 Å². The third-order valence-electron chi connectivity index (χ3n) is 6.32. The Labute approximate surface area is 163 Å². The number of benzene rings is 3. The Balaban J connectivity index is 1.34. The van der Waals surface area contributed by atoms with Gasteiger partial charge in [-0.05, 0) is 64.4 Å². The van der Waals surface area contributed by atoms with Crippen LogP contribution in [0.2, 0.25) is 0 Å². The molecule has 3 aromatic carbocycles. The number of anilines is 2. The lowest BCUT2D eigenvalue weighted by Gasteiger charge is -2.38. The van der Waals surface area contributed by atoms with Crippen LogP contribution in [0, 0.1) is 0 Å². The van der Waals surface area contributed by atoms with E-state index in [0.29, 0.717) is 6.54 Å². The Morgan fingerprint density at radius 2 is 1.82 bits per heavy atom. The highest BCUT2D eigenvalue weighted by molar-refractivity contribution is 5.91. The van der Waals surface area contributed by atoms with Gasteiger partial charge >= 0.3 is 6.09 Å². The van der Waals surface area contributed by atoms with Crippen LogP contribution < -0.4 is 10.6 Å². The van der Waals surface area contributed by atoms with Crippen molar-refractivity contribution in [2.24, 2.45) is 0 Å². The van der Waals surface area contributed by atoms with Crippen LogP contribution in [0.15, 0.2) is 60.7 Å². The molecule has 0 saturated carbocycles. The summed E-state index contributed by atoms with van der Waals surface area (Å²) in [5.74, 6) is 0.155. The lowest BCUT2D eigenvalue weighted by atomic mass is 9.74. The Hall–Kier alpha value is -3.27. The van der Waals surface area contributed by atoms with Crippen molar-refractivity contribution in [1.29, 1.82) is 0 Å². The van der Waals surface area contributed by atoms with Crippen molar-refractivity contribution in [3.63, 3.8) is 0 Å². The predicted octanol–water partition coefficient (Wildman–Crippen LogP) is 5.03. The molecule has 3 aliphatic rings. The quantitative estimate of drug-likeness (QED) is 0.613. The van der Waals surface area contributed by atoms with E-state index >= 15 is 0 Å². The number of hydrogen-bond acceptors (Lipinski definition) is 3. The number of rotatable bonds is 1. The van der Waals surface area contributed by atoms with E-state index < -0.39 is 0 Å². The molecule has 0 saturated heterocycles. The summed E-state index contributed by atoms with van der Waals surface area (Å²) < 4.78 is 6.09. The van der Waals surface area contributed by atoms with Gasteiger partial charge in [-0.25, -0.2) is 4.79 Å². The third kappa shape index (κ3) is 2.03. The Morgan fingerprint density at radius 1 is 1.00 bits per heavy atom. The van der Waals surface area contributed by atoms with Crippen LogP contribution in [0.4, 0.5) is 16.2 Å². The van der Waals surface area contributed by atoms with Crippen LogP contribution >= 0.6 is 0 Å². The van der Waals surface area contributed by atoms with Crippen LogP contribution in [0.3, 0.4) is 0 Å². The highest BCUT2D eigenvalue weighted by Gasteiger charge is 2.48. The molecule has 2 N–H and O–H groups in total. The van der Waals surface area contributed by atoms with Gasteiger partial charge in [0.2, 0.25) is 0 Å². The molecule has 2 unspecified atom stereocenters. The minimum absolute atomic E-state index is 0.155. The molecule has 138 valence electrons. The lowest BCUT2D eigenvalue weighted by Crippen LogP contribution is -2.39. The van der Waals surface area contributed by atoms with Gasteiger partial charge in [-0.15, -0.1) is 0 Å². The second-order valence-corrected chi connectivity index (χ2v) is 7.82. The molecule has 4 nitrogen and oxygen atoms in total. The Kier molecular flexibility index (Phi) is 3.16. The van der Waals surface area contributed by atoms with Crippen molar-refractivity contribution in [1.82, 2.24) is 0 Å². The number of carbonyl (C=O) groups excluding carboxylic acids is 1. The number of fused-ring (bicyclic) bond motifs is 4. The zero-order chi connectivity index (χ0) is 18.8. The fourth-order valence-corrected chi connectivity index (χ4v) is 5.09. The Bertz CT molecular complexity index is 1140. The van der Waals surface area contributed by atoms with Crippen molar-refractivity contribution >= 4 is 17.5 Å². The number of amides is 1. The highest BCUT2D eigenvalue weighted by atomic mass is 16.6. The molecule has 0 fully saturated rings. The first kappa shape index (κ1) is 15.8. The molecular weight excluding hydrogens is 348 g/mol. The topological polar surface area (TPSA) is 55.6 Å². The van der Waals surface area contributed by atoms with Crippen LogP contribution in [0.1, 0.15) is 40.7 Å². The second kappa shape index (κ2) is 5.61. The largest absolute Gasteiger partial charge is 0.440 e. The fourth-order valence-electron chi connectivity index (χ4n) is 5.09. The first-order valence-electron chi connectivity index (χ1n) is 9.81. The highest BCUT2D eigenvalue weighted by Crippen LogP contribution is 2.60. The zero-order valence-electron chi connectivity index (χ0n) is 15.4. The van der Waals surface area contributed by atoms with Gasteiger partial charge in [-0.3, -0.25) is 4.90 Å². The predicted molar refractivity (Wildman–Crippen MR) is 109 cm³/mol. The first-order chi connectivity index (χ1) is 13.7. The van der Waals surface area contributed by atoms with Gasteiger partial charge in [-0.2, -0.15) is 0 Å². The minimum Gasteiger partial charge on any atom is -0.440 e. The summed E-state index contributed by atoms with van der Waals surface area (Å²) in [5.41, 5.74) is 15.0. The molecule has 28 heavy (non-hydrogen) atoms. The summed E-state index contributed by atoms with van der Waals surface area (Å²) in [6, 6.07) is 20.5. The van der Waals surface area contributed by atoms with Crippen LogP contribution in [0.5, 0.6) is 0 Å². The average molecular weight is 368 g/mol. The molecule has 1 heterocycles. The second-order valence-electron chi connectivity index (χ2n) is 7.82. The number of aryl methyl sites for hydroxylation is 1. The van der Waals surface area contributed by atoms with E-state index in [1.54, 1.807) is 4.90 Å². The molecule has 0 spiro atoms. The van der Waals surface area contributed by atoms with Gasteiger partial charge in [0.05, 0.1) is 11.6 Å². The summed E-state index contributed by atoms with van der Waals surface area (Å²) in [4.78, 5) is 14.9. The van der Waals surface area contributed by atoms with E-state index in [9.17, 15) is 4.79 Å². The van der Waals surface area contributed by atoms with E-state index in [-0.39, 0.29) is 18.1 Å². The van der Waals surface area contributed by atoms with Gasteiger partial charge in [0.1, 0.15) is 6.10 Å². The molecule has 2 atom stereocenters. The van der Waals surface area contributed by atoms with Crippen molar-refractivity contribution in [3.05, 3.63) is 82.9 Å². The summed E-state index contributed by atoms with van der Waals surface area (Å²) >= 11 is 0. The first-order valence-corrected chi connectivity index (χ1v) is 9.81. The maximum absolute atomic E-state index is 13.1. The smallest absolute Gasteiger partial charge is 0.414 e. The molecule has 0 radical (unpaired) electrons. The van der Waals surface area contributed by atoms with E-state index in [0.717, 1.165) is 35.3 Å². The number of ether oxygens (including phenoxy) is 1. The normalized spacial score (nSPS) is 20.6. The minimum atomic E-state index is -0.267. The standard InChI is InChI=1S/C24H20N2O2/c25-15-10-11-20-14(13-15)5-4-12-26(20)24(27)28-23-19-9-3-8-17-16-6-1-2-7-18(16)22(23)21(17)19/h1-3,6-11,13,22-23H,4-5,12,25H2. The van der Waals surface area contributed by atoms with Gasteiger partial charge in [0.25, 0.3) is 0 Å². The monoisotopic (exact) mass is 368 g/mol. The molecule has 6 rings (SSSR count). The molecule has 1 amide bonds. The van der Waals surface area contributed by atoms with Crippen molar-refractivity contribution < 1.29 is 9.53 Å². The van der Waals surface area contributed by atoms with Crippen molar-refractivity contribution in [2.45, 2.75) is 24.9 Å². The molecule has 1 aliphatic heterocycles. The SMILES string of the molecule is Nc1ccc2c(c1)CCCN2C(=O)OC1c2cccc3c2C1c1ccccc1-3. The van der Waals surface area contributed by atoms with Gasteiger partial charge in [0, 0.05) is 12.2 Å². The zero-order valence-corrected chi connectivity index (χ0v) is 15.4. The van der Waals surface area contributed by atoms with Gasteiger partial charge < -0.3 is 10.5 Å². The summed E-state index contributed by atoms with van der Waals surface area (Å²) in [6.45, 7) is 0.677. The summed E-state index contributed by atoms with van der Waals surface area (Å²) in [5, 5.41) is 0. The van der Waals surface area contributed by atoms with E-state index in [4.69, 9.17) is 10.5 Å². The number of hydrogen-bond donors (Lipinski definition) is 1. The number of carbonyl (C=O) groups is 1. The van der Waals surface area contributed by atoms with Crippen molar-refractivity contribution in [3.8, 4) is 11.1 Å². The summed E-state index contributed by atoms with van der Waals surface area (Å²) in [7, 11) is 0. The fraction of sp³-hybridized carbons (Fsp3) is 0.208. The van der Waals surface area contributed by atoms with Gasteiger partial charge in [0.15, 0.2) is 0 Å². The van der Waals surface area contributed by atoms with Crippen LogP contribution in [-0.2, 0) is 11.2 Å². The summed E-state index contributed by atoms with van der Waals surface area (Å²) in [6.07, 6.45) is 1.38. The number of nitrogens with zero attached hydrogens (tertiary/aromatic N) is 1.